The molecule has 1 aromatic rings. The lowest BCUT2D eigenvalue weighted by atomic mass is 10.1. The molecule has 1 rings (SSSR count). The zero-order valence-electron chi connectivity index (χ0n) is 9.45. The number of nitrogens with two attached hydrogens (primary N) is 1. The van der Waals surface area contributed by atoms with Crippen LogP contribution in [0.1, 0.15) is 10.4 Å². The summed E-state index contributed by atoms with van der Waals surface area (Å²) in [6.45, 7) is 0. The minimum atomic E-state index is -0.987. The standard InChI is InChI=1S/C11H7N5O3/c12-4-7(5-13)6-15-8-2-1-3-9(16(18)19)10(8)11(14)17/h1-3,6,15H,(H2,14,17). The number of rotatable bonds is 4. The first-order chi connectivity index (χ1) is 9.01. The number of nitrogens with zero attached hydrogens (tertiary/aromatic N) is 3. The van der Waals surface area contributed by atoms with Gasteiger partial charge >= 0.3 is 0 Å². The van der Waals surface area contributed by atoms with Gasteiger partial charge in [0, 0.05) is 12.3 Å². The molecule has 0 bridgehead atoms. The summed E-state index contributed by atoms with van der Waals surface area (Å²) in [6, 6.07) is 7.04. The molecule has 0 spiro atoms. The van der Waals surface area contributed by atoms with Crippen molar-refractivity contribution in [3.05, 3.63) is 45.6 Å². The third-order valence-corrected chi connectivity index (χ3v) is 2.10. The molecule has 0 saturated carbocycles. The molecule has 0 aliphatic rings. The number of carbonyl (C=O) groups is 1. The van der Waals surface area contributed by atoms with Gasteiger partial charge in [-0.1, -0.05) is 6.07 Å². The molecule has 0 fully saturated rings. The van der Waals surface area contributed by atoms with Gasteiger partial charge in [-0.25, -0.2) is 0 Å². The van der Waals surface area contributed by atoms with Crippen LogP contribution in [0.3, 0.4) is 0 Å². The van der Waals surface area contributed by atoms with Gasteiger partial charge in [0.05, 0.1) is 10.6 Å². The van der Waals surface area contributed by atoms with Crippen molar-refractivity contribution >= 4 is 17.3 Å². The largest absolute Gasteiger partial charge is 0.365 e. The highest BCUT2D eigenvalue weighted by Gasteiger charge is 2.21. The SMILES string of the molecule is N#CC(C#N)=CNc1cccc([N+](=O)[O-])c1C(N)=O. The van der Waals surface area contributed by atoms with Gasteiger partial charge < -0.3 is 11.1 Å². The molecular weight excluding hydrogens is 250 g/mol. The summed E-state index contributed by atoms with van der Waals surface area (Å²) < 4.78 is 0. The summed E-state index contributed by atoms with van der Waals surface area (Å²) in [5.41, 5.74) is 4.11. The van der Waals surface area contributed by atoms with E-state index < -0.39 is 16.5 Å². The zero-order valence-corrected chi connectivity index (χ0v) is 9.45. The Kier molecular flexibility index (Phi) is 4.17. The van der Waals surface area contributed by atoms with E-state index in [1.54, 1.807) is 12.1 Å². The molecule has 1 aromatic carbocycles. The Morgan fingerprint density at radius 2 is 2.05 bits per heavy atom. The molecule has 0 atom stereocenters. The lowest BCUT2D eigenvalue weighted by Crippen LogP contribution is -2.15. The number of nitro benzene ring substituents is 1. The van der Waals surface area contributed by atoms with Crippen molar-refractivity contribution < 1.29 is 9.72 Å². The number of nitrogens with one attached hydrogen (secondary N) is 1. The molecule has 0 saturated heterocycles. The number of nitriles is 2. The van der Waals surface area contributed by atoms with E-state index in [4.69, 9.17) is 16.3 Å². The summed E-state index contributed by atoms with van der Waals surface area (Å²) in [7, 11) is 0. The Morgan fingerprint density at radius 1 is 1.42 bits per heavy atom. The van der Waals surface area contributed by atoms with Crippen molar-refractivity contribution in [1.82, 2.24) is 0 Å². The van der Waals surface area contributed by atoms with Gasteiger partial charge in [-0.3, -0.25) is 14.9 Å². The van der Waals surface area contributed by atoms with Crippen LogP contribution in [0.25, 0.3) is 0 Å². The summed E-state index contributed by atoms with van der Waals surface area (Å²) in [4.78, 5) is 21.3. The van der Waals surface area contributed by atoms with Crippen molar-refractivity contribution in [2.45, 2.75) is 0 Å². The molecule has 0 radical (unpaired) electrons. The average molecular weight is 257 g/mol. The number of primary amides is 1. The molecule has 8 nitrogen and oxygen atoms in total. The zero-order chi connectivity index (χ0) is 14.4. The Balaban J connectivity index is 3.31. The van der Waals surface area contributed by atoms with E-state index in [1.807, 2.05) is 0 Å². The molecule has 0 aromatic heterocycles. The number of amides is 1. The average Bonchev–Trinajstić information content (AvgIpc) is 2.39. The number of hydrogen-bond acceptors (Lipinski definition) is 6. The number of anilines is 1. The molecular formula is C11H7N5O3. The summed E-state index contributed by atoms with van der Waals surface area (Å²) in [6.07, 6.45) is 1.03. The quantitative estimate of drug-likeness (QED) is 0.468. The van der Waals surface area contributed by atoms with E-state index in [-0.39, 0.29) is 16.8 Å². The normalized spacial score (nSPS) is 8.74. The highest BCUT2D eigenvalue weighted by atomic mass is 16.6. The maximum Gasteiger partial charge on any atom is 0.284 e. The fourth-order valence-electron chi connectivity index (χ4n) is 1.31. The predicted octanol–water partition coefficient (Wildman–Crippen LogP) is 1.04. The fourth-order valence-corrected chi connectivity index (χ4v) is 1.31. The molecule has 8 heteroatoms. The minimum Gasteiger partial charge on any atom is -0.365 e. The van der Waals surface area contributed by atoms with Crippen molar-refractivity contribution in [2.75, 3.05) is 5.32 Å². The Bertz CT molecular complexity index is 635. The van der Waals surface area contributed by atoms with Gasteiger partial charge in [-0.05, 0) is 6.07 Å². The van der Waals surface area contributed by atoms with Crippen LogP contribution in [0.5, 0.6) is 0 Å². The van der Waals surface area contributed by atoms with Crippen molar-refractivity contribution in [1.29, 1.82) is 10.5 Å². The van der Waals surface area contributed by atoms with Crippen LogP contribution in [-0.2, 0) is 0 Å². The number of hydrogen-bond donors (Lipinski definition) is 2. The second-order valence-corrected chi connectivity index (χ2v) is 3.25. The number of nitro groups is 1. The molecule has 0 aliphatic carbocycles. The van der Waals surface area contributed by atoms with E-state index in [2.05, 4.69) is 5.32 Å². The van der Waals surface area contributed by atoms with Crippen LogP contribution in [0.15, 0.2) is 30.0 Å². The summed E-state index contributed by atoms with van der Waals surface area (Å²) in [5, 5.41) is 30.3. The van der Waals surface area contributed by atoms with E-state index >= 15 is 0 Å². The van der Waals surface area contributed by atoms with Crippen molar-refractivity contribution in [2.24, 2.45) is 5.73 Å². The van der Waals surface area contributed by atoms with Gasteiger partial charge in [0.15, 0.2) is 0 Å². The third kappa shape index (κ3) is 3.05. The Labute approximate surface area is 107 Å². The van der Waals surface area contributed by atoms with Gasteiger partial charge in [0.25, 0.3) is 11.6 Å². The maximum atomic E-state index is 11.3. The van der Waals surface area contributed by atoms with E-state index in [1.165, 1.54) is 12.1 Å². The summed E-state index contributed by atoms with van der Waals surface area (Å²) >= 11 is 0. The summed E-state index contributed by atoms with van der Waals surface area (Å²) in [5.74, 6) is -0.987. The van der Waals surface area contributed by atoms with Gasteiger partial charge in [0.1, 0.15) is 23.3 Å². The first kappa shape index (κ1) is 13.7. The Hall–Kier alpha value is -3.39. The minimum absolute atomic E-state index is 0.0460. The van der Waals surface area contributed by atoms with Gasteiger partial charge in [0.2, 0.25) is 0 Å². The second-order valence-electron chi connectivity index (χ2n) is 3.25. The highest BCUT2D eigenvalue weighted by Crippen LogP contribution is 2.25. The number of allylic oxidation sites excluding steroid dienone is 1. The third-order valence-electron chi connectivity index (χ3n) is 2.10. The number of benzene rings is 1. The topological polar surface area (TPSA) is 146 Å². The number of carbonyl (C=O) groups excluding carboxylic acids is 1. The highest BCUT2D eigenvalue weighted by molar-refractivity contribution is 6.02. The second kappa shape index (κ2) is 5.80. The fraction of sp³-hybridized carbons (Fsp3) is 0. The first-order valence-corrected chi connectivity index (χ1v) is 4.85. The lowest BCUT2D eigenvalue weighted by molar-refractivity contribution is -0.385. The van der Waals surface area contributed by atoms with Crippen LogP contribution in [0, 0.1) is 32.8 Å². The van der Waals surface area contributed by atoms with Crippen molar-refractivity contribution in [3.63, 3.8) is 0 Å². The molecule has 19 heavy (non-hydrogen) atoms. The van der Waals surface area contributed by atoms with E-state index in [0.717, 1.165) is 12.3 Å². The smallest absolute Gasteiger partial charge is 0.284 e. The van der Waals surface area contributed by atoms with Crippen LogP contribution < -0.4 is 11.1 Å². The van der Waals surface area contributed by atoms with E-state index in [0.29, 0.717) is 0 Å². The van der Waals surface area contributed by atoms with Crippen molar-refractivity contribution in [3.8, 4) is 12.1 Å². The van der Waals surface area contributed by atoms with Crippen LogP contribution >= 0.6 is 0 Å². The molecule has 0 aliphatic heterocycles. The van der Waals surface area contributed by atoms with Crippen LogP contribution in [-0.4, -0.2) is 10.8 Å². The van der Waals surface area contributed by atoms with Gasteiger partial charge in [-0.15, -0.1) is 0 Å². The molecule has 1 amide bonds. The first-order valence-electron chi connectivity index (χ1n) is 4.85. The maximum absolute atomic E-state index is 11.3. The van der Waals surface area contributed by atoms with Crippen LogP contribution in [0.4, 0.5) is 11.4 Å². The lowest BCUT2D eigenvalue weighted by Gasteiger charge is -2.06. The Morgan fingerprint density at radius 3 is 2.53 bits per heavy atom. The van der Waals surface area contributed by atoms with Crippen LogP contribution in [0.2, 0.25) is 0 Å². The molecule has 3 N–H and O–H groups in total. The molecule has 94 valence electrons. The van der Waals surface area contributed by atoms with E-state index in [9.17, 15) is 14.9 Å². The predicted molar refractivity (Wildman–Crippen MR) is 64.5 cm³/mol. The molecule has 0 unspecified atom stereocenters. The molecule has 0 heterocycles. The van der Waals surface area contributed by atoms with Gasteiger partial charge in [-0.2, -0.15) is 10.5 Å². The monoisotopic (exact) mass is 257 g/mol.